The summed E-state index contributed by atoms with van der Waals surface area (Å²) in [4.78, 5) is 5.18. The first-order valence-electron chi connectivity index (χ1n) is 7.83. The summed E-state index contributed by atoms with van der Waals surface area (Å²) >= 11 is 0. The van der Waals surface area contributed by atoms with Crippen molar-refractivity contribution in [1.82, 2.24) is 9.80 Å². The van der Waals surface area contributed by atoms with Gasteiger partial charge in [-0.25, -0.2) is 0 Å². The van der Waals surface area contributed by atoms with Crippen LogP contribution in [-0.4, -0.2) is 75.5 Å². The van der Waals surface area contributed by atoms with Crippen LogP contribution in [0.1, 0.15) is 26.2 Å². The molecule has 2 saturated heterocycles. The highest BCUT2D eigenvalue weighted by atomic mass is 16.5. The van der Waals surface area contributed by atoms with Crippen molar-refractivity contribution >= 4 is 0 Å². The third-order valence-corrected chi connectivity index (χ3v) is 4.31. The van der Waals surface area contributed by atoms with Crippen molar-refractivity contribution in [3.8, 4) is 0 Å². The van der Waals surface area contributed by atoms with Crippen LogP contribution in [-0.2, 0) is 9.47 Å². The highest BCUT2D eigenvalue weighted by Gasteiger charge is 2.20. The summed E-state index contributed by atoms with van der Waals surface area (Å²) in [5.41, 5.74) is 0. The minimum atomic E-state index is 0.402. The Morgan fingerprint density at radius 2 is 1.89 bits per heavy atom. The van der Waals surface area contributed by atoms with Crippen molar-refractivity contribution < 1.29 is 9.47 Å². The maximum Gasteiger partial charge on any atom is 0.0674 e. The lowest BCUT2D eigenvalue weighted by molar-refractivity contribution is -0.0210. The first kappa shape index (κ1) is 15.2. The quantitative estimate of drug-likeness (QED) is 0.755. The molecule has 2 heterocycles. The van der Waals surface area contributed by atoms with Crippen LogP contribution in [0.2, 0.25) is 0 Å². The van der Waals surface area contributed by atoms with Crippen molar-refractivity contribution in [1.29, 1.82) is 0 Å². The molecule has 0 aromatic heterocycles. The Hall–Kier alpha value is -0.160. The van der Waals surface area contributed by atoms with Crippen LogP contribution in [0.5, 0.6) is 0 Å². The molecule has 4 nitrogen and oxygen atoms in total. The molecule has 0 aromatic rings. The first-order chi connectivity index (χ1) is 9.28. The average Bonchev–Trinajstić information content (AvgIpc) is 2.62. The number of hydrogen-bond donors (Lipinski definition) is 0. The van der Waals surface area contributed by atoms with Crippen LogP contribution in [0.25, 0.3) is 0 Å². The lowest BCUT2D eigenvalue weighted by atomic mass is 10.0. The molecule has 2 fully saturated rings. The number of likely N-dealkylation sites (tertiary alicyclic amines) is 1. The Labute approximate surface area is 118 Å². The SMILES string of the molecule is COCC1CCCCN(CCN2CCOC(C)C2)C1. The van der Waals surface area contributed by atoms with Gasteiger partial charge in [0.15, 0.2) is 0 Å². The van der Waals surface area contributed by atoms with Gasteiger partial charge in [-0.15, -0.1) is 0 Å². The number of hydrogen-bond acceptors (Lipinski definition) is 4. The van der Waals surface area contributed by atoms with Gasteiger partial charge in [-0.3, -0.25) is 4.90 Å². The minimum Gasteiger partial charge on any atom is -0.384 e. The molecule has 0 saturated carbocycles. The van der Waals surface area contributed by atoms with Gasteiger partial charge >= 0.3 is 0 Å². The van der Waals surface area contributed by atoms with Crippen LogP contribution in [0.4, 0.5) is 0 Å². The highest BCUT2D eigenvalue weighted by molar-refractivity contribution is 4.74. The lowest BCUT2D eigenvalue weighted by Crippen LogP contribution is -2.45. The van der Waals surface area contributed by atoms with E-state index in [9.17, 15) is 0 Å². The molecule has 112 valence electrons. The molecule has 0 amide bonds. The Bertz CT molecular complexity index is 250. The summed E-state index contributed by atoms with van der Waals surface area (Å²) in [6.07, 6.45) is 4.44. The molecule has 0 spiro atoms. The van der Waals surface area contributed by atoms with Gasteiger partial charge in [0.25, 0.3) is 0 Å². The zero-order valence-corrected chi connectivity index (χ0v) is 12.6. The van der Waals surface area contributed by atoms with Crippen LogP contribution in [0.15, 0.2) is 0 Å². The molecule has 19 heavy (non-hydrogen) atoms. The molecule has 0 radical (unpaired) electrons. The first-order valence-corrected chi connectivity index (χ1v) is 7.83. The van der Waals surface area contributed by atoms with Gasteiger partial charge in [0.05, 0.1) is 19.3 Å². The van der Waals surface area contributed by atoms with Crippen LogP contribution >= 0.6 is 0 Å². The summed E-state index contributed by atoms with van der Waals surface area (Å²) in [7, 11) is 1.82. The van der Waals surface area contributed by atoms with E-state index in [1.54, 1.807) is 0 Å². The molecule has 0 bridgehead atoms. The molecule has 2 rings (SSSR count). The number of morpholine rings is 1. The van der Waals surface area contributed by atoms with Gasteiger partial charge in [0.2, 0.25) is 0 Å². The third kappa shape index (κ3) is 5.38. The monoisotopic (exact) mass is 270 g/mol. The molecule has 4 heteroatoms. The molecule has 2 atom stereocenters. The Kier molecular flexibility index (Phi) is 6.57. The van der Waals surface area contributed by atoms with E-state index in [1.165, 1.54) is 45.4 Å². The number of rotatable bonds is 5. The summed E-state index contributed by atoms with van der Waals surface area (Å²) in [6, 6.07) is 0. The minimum absolute atomic E-state index is 0.402. The second kappa shape index (κ2) is 8.20. The highest BCUT2D eigenvalue weighted by Crippen LogP contribution is 2.16. The summed E-state index contributed by atoms with van der Waals surface area (Å²) in [6.45, 7) is 11.1. The van der Waals surface area contributed by atoms with E-state index >= 15 is 0 Å². The van der Waals surface area contributed by atoms with E-state index in [0.717, 1.165) is 32.2 Å². The fourth-order valence-electron chi connectivity index (χ4n) is 3.27. The molecule has 2 aliphatic rings. The van der Waals surface area contributed by atoms with Crippen LogP contribution in [0, 0.1) is 5.92 Å². The maximum absolute atomic E-state index is 5.60. The topological polar surface area (TPSA) is 24.9 Å². The van der Waals surface area contributed by atoms with Gasteiger partial charge in [0, 0.05) is 39.8 Å². The normalized spacial score (nSPS) is 31.3. The van der Waals surface area contributed by atoms with Crippen molar-refractivity contribution in [2.75, 3.05) is 59.6 Å². The van der Waals surface area contributed by atoms with E-state index in [4.69, 9.17) is 9.47 Å². The molecular weight excluding hydrogens is 240 g/mol. The predicted molar refractivity (Wildman–Crippen MR) is 77.5 cm³/mol. The maximum atomic E-state index is 5.60. The summed E-state index contributed by atoms with van der Waals surface area (Å²) in [5, 5.41) is 0. The van der Waals surface area contributed by atoms with Gasteiger partial charge in [-0.05, 0) is 32.2 Å². The number of ether oxygens (including phenoxy) is 2. The van der Waals surface area contributed by atoms with Gasteiger partial charge in [-0.2, -0.15) is 0 Å². The van der Waals surface area contributed by atoms with Crippen molar-refractivity contribution in [3.63, 3.8) is 0 Å². The summed E-state index contributed by atoms with van der Waals surface area (Å²) in [5.74, 6) is 0.733. The van der Waals surface area contributed by atoms with Crippen molar-refractivity contribution in [2.45, 2.75) is 32.3 Å². The fraction of sp³-hybridized carbons (Fsp3) is 1.00. The zero-order chi connectivity index (χ0) is 13.5. The Balaban J connectivity index is 1.71. The van der Waals surface area contributed by atoms with Crippen molar-refractivity contribution in [3.05, 3.63) is 0 Å². The molecule has 0 N–H and O–H groups in total. The summed E-state index contributed by atoms with van der Waals surface area (Å²) < 4.78 is 10.9. The van der Waals surface area contributed by atoms with Crippen LogP contribution < -0.4 is 0 Å². The van der Waals surface area contributed by atoms with Gasteiger partial charge in [0.1, 0.15) is 0 Å². The van der Waals surface area contributed by atoms with E-state index in [2.05, 4.69) is 16.7 Å². The molecule has 2 unspecified atom stereocenters. The van der Waals surface area contributed by atoms with E-state index in [1.807, 2.05) is 7.11 Å². The second-order valence-corrected chi connectivity index (χ2v) is 6.10. The Morgan fingerprint density at radius 1 is 1.11 bits per heavy atom. The zero-order valence-electron chi connectivity index (χ0n) is 12.6. The van der Waals surface area contributed by atoms with Gasteiger partial charge < -0.3 is 14.4 Å². The van der Waals surface area contributed by atoms with Crippen molar-refractivity contribution in [2.24, 2.45) is 5.92 Å². The Morgan fingerprint density at radius 3 is 2.63 bits per heavy atom. The third-order valence-electron chi connectivity index (χ3n) is 4.31. The number of methoxy groups -OCH3 is 1. The number of nitrogens with zero attached hydrogens (tertiary/aromatic N) is 2. The molecule has 0 aliphatic carbocycles. The molecular formula is C15H30N2O2. The largest absolute Gasteiger partial charge is 0.384 e. The standard InChI is InChI=1S/C15H30N2O2/c1-14-11-17(9-10-19-14)8-7-16-6-4-3-5-15(12-16)13-18-2/h14-15H,3-13H2,1-2H3. The lowest BCUT2D eigenvalue weighted by Gasteiger charge is -2.33. The smallest absolute Gasteiger partial charge is 0.0674 e. The second-order valence-electron chi connectivity index (χ2n) is 6.10. The predicted octanol–water partition coefficient (Wildman–Crippen LogP) is 1.46. The van der Waals surface area contributed by atoms with Gasteiger partial charge in [-0.1, -0.05) is 6.42 Å². The fourth-order valence-corrected chi connectivity index (χ4v) is 3.27. The molecule has 0 aromatic carbocycles. The van der Waals surface area contributed by atoms with E-state index in [0.29, 0.717) is 6.10 Å². The van der Waals surface area contributed by atoms with Crippen LogP contribution in [0.3, 0.4) is 0 Å². The van der Waals surface area contributed by atoms with E-state index in [-0.39, 0.29) is 0 Å². The average molecular weight is 270 g/mol. The molecule has 2 aliphatic heterocycles. The van der Waals surface area contributed by atoms with E-state index < -0.39 is 0 Å².